The third-order valence-corrected chi connectivity index (χ3v) is 7.88. The maximum atomic E-state index is 12.6. The Morgan fingerprint density at radius 3 is 2.62 bits per heavy atom. The van der Waals surface area contributed by atoms with Crippen molar-refractivity contribution >= 4 is 21.6 Å². The van der Waals surface area contributed by atoms with E-state index in [1.165, 1.54) is 31.9 Å². The SMILES string of the molecule is Cn1cc(-c2cc(S(C)(=O)=O)ccc2N2CCCC3(CC3)C2)c2c(c1=O)CC=C2. The molecule has 5 nitrogen and oxygen atoms in total. The Hall–Kier alpha value is -2.34. The van der Waals surface area contributed by atoms with E-state index in [1.807, 2.05) is 24.4 Å². The molecule has 1 aliphatic heterocycles. The number of piperidine rings is 1. The lowest BCUT2D eigenvalue weighted by atomic mass is 9.92. The van der Waals surface area contributed by atoms with Crippen molar-refractivity contribution < 1.29 is 8.42 Å². The Morgan fingerprint density at radius 1 is 1.10 bits per heavy atom. The van der Waals surface area contributed by atoms with E-state index in [0.29, 0.717) is 16.7 Å². The van der Waals surface area contributed by atoms with Gasteiger partial charge in [-0.25, -0.2) is 8.42 Å². The molecule has 0 bridgehead atoms. The molecule has 1 aromatic carbocycles. The minimum atomic E-state index is -3.33. The fraction of sp³-hybridized carbons (Fsp3) is 0.435. The molecule has 2 fully saturated rings. The summed E-state index contributed by atoms with van der Waals surface area (Å²) in [6.45, 7) is 2.01. The van der Waals surface area contributed by atoms with Crippen LogP contribution in [0.2, 0.25) is 0 Å². The van der Waals surface area contributed by atoms with Gasteiger partial charge in [-0.1, -0.05) is 12.2 Å². The van der Waals surface area contributed by atoms with Crippen LogP contribution in [-0.2, 0) is 23.3 Å². The first kappa shape index (κ1) is 18.7. The van der Waals surface area contributed by atoms with Gasteiger partial charge in [-0.2, -0.15) is 0 Å². The van der Waals surface area contributed by atoms with Gasteiger partial charge in [-0.3, -0.25) is 4.79 Å². The number of fused-ring (bicyclic) bond motifs is 1. The Balaban J connectivity index is 1.73. The van der Waals surface area contributed by atoms with Crippen molar-refractivity contribution in [3.05, 3.63) is 52.0 Å². The minimum Gasteiger partial charge on any atom is -0.370 e. The molecule has 152 valence electrons. The van der Waals surface area contributed by atoms with Crippen LogP contribution in [0.5, 0.6) is 0 Å². The van der Waals surface area contributed by atoms with E-state index in [-0.39, 0.29) is 5.56 Å². The van der Waals surface area contributed by atoms with Crippen LogP contribution in [0, 0.1) is 5.41 Å². The van der Waals surface area contributed by atoms with E-state index in [4.69, 9.17) is 0 Å². The van der Waals surface area contributed by atoms with Crippen LogP contribution in [0.25, 0.3) is 17.2 Å². The summed E-state index contributed by atoms with van der Waals surface area (Å²) in [5.41, 5.74) is 5.11. The zero-order chi connectivity index (χ0) is 20.4. The predicted octanol–water partition coefficient (Wildman–Crippen LogP) is 3.41. The summed E-state index contributed by atoms with van der Waals surface area (Å²) in [7, 11) is -1.56. The summed E-state index contributed by atoms with van der Waals surface area (Å²) in [5, 5.41) is 0. The standard InChI is InChI=1S/C23H26N2O3S/c1-24-14-20(17-5-3-6-18(17)22(24)26)19-13-16(29(2,27)28)7-8-21(19)25-12-4-9-23(15-25)10-11-23/h3,5,7-8,13-14H,4,6,9-12,15H2,1-2H3. The Bertz CT molecular complexity index is 1200. The Morgan fingerprint density at radius 2 is 1.90 bits per heavy atom. The second-order valence-corrected chi connectivity index (χ2v) is 10.9. The van der Waals surface area contributed by atoms with Crippen LogP contribution in [0.15, 0.2) is 40.2 Å². The molecule has 5 rings (SSSR count). The lowest BCUT2D eigenvalue weighted by Gasteiger charge is -2.36. The van der Waals surface area contributed by atoms with Crippen molar-refractivity contribution in [3.8, 4) is 11.1 Å². The second-order valence-electron chi connectivity index (χ2n) is 8.93. The van der Waals surface area contributed by atoms with Crippen LogP contribution >= 0.6 is 0 Å². The van der Waals surface area contributed by atoms with Crippen molar-refractivity contribution in [3.63, 3.8) is 0 Å². The van der Waals surface area contributed by atoms with Crippen LogP contribution < -0.4 is 10.5 Å². The highest BCUT2D eigenvalue weighted by atomic mass is 32.2. The number of sulfone groups is 1. The van der Waals surface area contributed by atoms with Gasteiger partial charge in [0.15, 0.2) is 9.84 Å². The largest absolute Gasteiger partial charge is 0.370 e. The molecule has 1 aromatic heterocycles. The number of hydrogen-bond donors (Lipinski definition) is 0. The number of hydrogen-bond acceptors (Lipinski definition) is 4. The van der Waals surface area contributed by atoms with Gasteiger partial charge in [0.2, 0.25) is 0 Å². The zero-order valence-electron chi connectivity index (χ0n) is 16.9. The van der Waals surface area contributed by atoms with Gasteiger partial charge in [-0.05, 0) is 61.3 Å². The zero-order valence-corrected chi connectivity index (χ0v) is 17.8. The van der Waals surface area contributed by atoms with Gasteiger partial charge in [0.1, 0.15) is 0 Å². The lowest BCUT2D eigenvalue weighted by molar-refractivity contribution is 0.395. The topological polar surface area (TPSA) is 59.4 Å². The molecule has 2 aromatic rings. The molecule has 1 spiro atoms. The predicted molar refractivity (Wildman–Crippen MR) is 116 cm³/mol. The fourth-order valence-electron chi connectivity index (χ4n) is 4.95. The number of rotatable bonds is 3. The minimum absolute atomic E-state index is 0.0180. The number of anilines is 1. The Kier molecular flexibility index (Phi) is 4.07. The number of pyridine rings is 1. The highest BCUT2D eigenvalue weighted by Gasteiger charge is 2.45. The lowest BCUT2D eigenvalue weighted by Crippen LogP contribution is -2.36. The summed E-state index contributed by atoms with van der Waals surface area (Å²) in [6.07, 6.45) is 12.8. The molecule has 0 unspecified atom stereocenters. The van der Waals surface area contributed by atoms with Gasteiger partial charge < -0.3 is 9.47 Å². The molecule has 6 heteroatoms. The average molecular weight is 411 g/mol. The Labute approximate surface area is 171 Å². The molecule has 1 saturated heterocycles. The van der Waals surface area contributed by atoms with Crippen LogP contribution in [0.3, 0.4) is 0 Å². The summed E-state index contributed by atoms with van der Waals surface area (Å²) in [4.78, 5) is 15.3. The molecule has 3 aliphatic rings. The smallest absolute Gasteiger partial charge is 0.254 e. The van der Waals surface area contributed by atoms with Gasteiger partial charge in [0.25, 0.3) is 5.56 Å². The summed E-state index contributed by atoms with van der Waals surface area (Å²) < 4.78 is 26.2. The molecule has 0 radical (unpaired) electrons. The second kappa shape index (κ2) is 6.33. The van der Waals surface area contributed by atoms with Crippen LogP contribution in [0.4, 0.5) is 5.69 Å². The number of aryl methyl sites for hydroxylation is 1. The van der Waals surface area contributed by atoms with Crippen molar-refractivity contribution in [1.82, 2.24) is 4.57 Å². The van der Waals surface area contributed by atoms with E-state index in [9.17, 15) is 13.2 Å². The molecule has 2 heterocycles. The molecule has 0 atom stereocenters. The van der Waals surface area contributed by atoms with E-state index in [0.717, 1.165) is 41.0 Å². The molecular formula is C23H26N2O3S. The van der Waals surface area contributed by atoms with Crippen molar-refractivity contribution in [2.24, 2.45) is 12.5 Å². The number of allylic oxidation sites excluding steroid dienone is 1. The third-order valence-electron chi connectivity index (χ3n) is 6.77. The molecule has 0 N–H and O–H groups in total. The first-order valence-electron chi connectivity index (χ1n) is 10.3. The summed E-state index contributed by atoms with van der Waals surface area (Å²) in [5.74, 6) is 0. The van der Waals surface area contributed by atoms with E-state index >= 15 is 0 Å². The van der Waals surface area contributed by atoms with E-state index < -0.39 is 9.84 Å². The van der Waals surface area contributed by atoms with Gasteiger partial charge in [0.05, 0.1) is 4.90 Å². The maximum absolute atomic E-state index is 12.6. The quantitative estimate of drug-likeness (QED) is 0.778. The maximum Gasteiger partial charge on any atom is 0.254 e. The number of aromatic nitrogens is 1. The van der Waals surface area contributed by atoms with E-state index in [1.54, 1.807) is 23.7 Å². The van der Waals surface area contributed by atoms with Gasteiger partial charge in [-0.15, -0.1) is 0 Å². The highest BCUT2D eigenvalue weighted by molar-refractivity contribution is 7.90. The fourth-order valence-corrected chi connectivity index (χ4v) is 5.59. The van der Waals surface area contributed by atoms with Gasteiger partial charge >= 0.3 is 0 Å². The molecule has 1 saturated carbocycles. The van der Waals surface area contributed by atoms with Crippen LogP contribution in [-0.4, -0.2) is 32.3 Å². The number of benzene rings is 1. The summed E-state index contributed by atoms with van der Waals surface area (Å²) >= 11 is 0. The summed E-state index contributed by atoms with van der Waals surface area (Å²) in [6, 6.07) is 5.48. The normalized spacial score (nSPS) is 19.6. The molecule has 0 amide bonds. The molecule has 29 heavy (non-hydrogen) atoms. The van der Waals surface area contributed by atoms with Crippen molar-refractivity contribution in [2.45, 2.75) is 37.0 Å². The average Bonchev–Trinajstić information content (AvgIpc) is 3.23. The monoisotopic (exact) mass is 410 g/mol. The third kappa shape index (κ3) is 3.14. The van der Waals surface area contributed by atoms with Crippen LogP contribution in [0.1, 0.15) is 36.8 Å². The molecular weight excluding hydrogens is 384 g/mol. The molecule has 2 aliphatic carbocycles. The first-order chi connectivity index (χ1) is 13.8. The van der Waals surface area contributed by atoms with Gasteiger partial charge in [0, 0.05) is 55.0 Å². The highest BCUT2D eigenvalue weighted by Crippen LogP contribution is 2.53. The van der Waals surface area contributed by atoms with Crippen molar-refractivity contribution in [1.29, 1.82) is 0 Å². The first-order valence-corrected chi connectivity index (χ1v) is 12.2. The number of nitrogens with zero attached hydrogens (tertiary/aromatic N) is 2. The van der Waals surface area contributed by atoms with Crippen molar-refractivity contribution in [2.75, 3.05) is 24.2 Å². The van der Waals surface area contributed by atoms with E-state index in [2.05, 4.69) is 4.90 Å².